The molecule has 5 heteroatoms. The van der Waals surface area contributed by atoms with Crippen LogP contribution >= 0.6 is 34.8 Å². The Balaban J connectivity index is 2.42. The molecule has 66 valence electrons. The third-order valence-electron chi connectivity index (χ3n) is 1.64. The van der Waals surface area contributed by atoms with Crippen LogP contribution in [0.5, 0.6) is 0 Å². The highest BCUT2D eigenvalue weighted by atomic mass is 35.6. The van der Waals surface area contributed by atoms with Crippen molar-refractivity contribution in [3.8, 4) is 0 Å². The van der Waals surface area contributed by atoms with Crippen molar-refractivity contribution in [3.05, 3.63) is 0 Å². The Bertz CT molecular complexity index is 136. The molecule has 2 nitrogen and oxygen atoms in total. The van der Waals surface area contributed by atoms with Crippen molar-refractivity contribution in [2.45, 2.75) is 29.4 Å². The van der Waals surface area contributed by atoms with Gasteiger partial charge in [0.1, 0.15) is 0 Å². The van der Waals surface area contributed by atoms with Gasteiger partial charge in [0.15, 0.2) is 6.23 Å². The molecule has 0 aromatic rings. The minimum atomic E-state index is -1.36. The Morgan fingerprint density at radius 1 is 1.55 bits per heavy atom. The van der Waals surface area contributed by atoms with Gasteiger partial charge < -0.3 is 4.74 Å². The molecule has 1 rings (SSSR count). The fraction of sp³-hybridized carbons (Fsp3) is 1.00. The number of hydrogen-bond donors (Lipinski definition) is 1. The minimum absolute atomic E-state index is 0.315. The van der Waals surface area contributed by atoms with E-state index in [9.17, 15) is 0 Å². The normalized spacial score (nSPS) is 32.7. The predicted octanol–water partition coefficient (Wildman–Crippen LogP) is 2.08. The third kappa shape index (κ3) is 2.63. The van der Waals surface area contributed by atoms with Crippen LogP contribution in [0.1, 0.15) is 13.3 Å². The lowest BCUT2D eigenvalue weighted by Crippen LogP contribution is -2.39. The zero-order chi connectivity index (χ0) is 8.48. The maximum absolute atomic E-state index is 5.61. The second-order valence-corrected chi connectivity index (χ2v) is 4.90. The first-order chi connectivity index (χ1) is 5.04. The van der Waals surface area contributed by atoms with Crippen LogP contribution in [-0.4, -0.2) is 22.7 Å². The molecule has 1 fully saturated rings. The maximum atomic E-state index is 5.61. The summed E-state index contributed by atoms with van der Waals surface area (Å²) in [6, 6.07) is 0.315. The molecule has 0 saturated carbocycles. The number of alkyl halides is 3. The number of hydrogen-bond acceptors (Lipinski definition) is 2. The third-order valence-corrected chi connectivity index (χ3v) is 2.24. The van der Waals surface area contributed by atoms with Gasteiger partial charge in [-0.05, 0) is 6.42 Å². The highest BCUT2D eigenvalue weighted by molar-refractivity contribution is 6.68. The summed E-state index contributed by atoms with van der Waals surface area (Å²) < 4.78 is 3.86. The number of rotatable bonds is 1. The molecule has 11 heavy (non-hydrogen) atoms. The van der Waals surface area contributed by atoms with E-state index < -0.39 is 10.0 Å². The second-order valence-electron chi connectivity index (χ2n) is 2.53. The van der Waals surface area contributed by atoms with E-state index in [0.29, 0.717) is 12.6 Å². The molecule has 1 saturated heterocycles. The molecule has 0 bridgehead atoms. The second kappa shape index (κ2) is 3.67. The molecule has 1 N–H and O–H groups in total. The summed E-state index contributed by atoms with van der Waals surface area (Å²) in [7, 11) is 0. The van der Waals surface area contributed by atoms with Crippen LogP contribution in [0.3, 0.4) is 0 Å². The van der Waals surface area contributed by atoms with Gasteiger partial charge in [-0.2, -0.15) is 0 Å². The number of halogens is 3. The maximum Gasteiger partial charge on any atom is 0.229 e. The van der Waals surface area contributed by atoms with Gasteiger partial charge in [0.2, 0.25) is 3.79 Å². The largest absolute Gasteiger partial charge is 0.357 e. The summed E-state index contributed by atoms with van der Waals surface area (Å²) in [6.07, 6.45) is 0.523. The first kappa shape index (κ1) is 9.87. The van der Waals surface area contributed by atoms with Gasteiger partial charge in [0.25, 0.3) is 0 Å². The molecule has 1 heterocycles. The van der Waals surface area contributed by atoms with Gasteiger partial charge >= 0.3 is 0 Å². The monoisotopic (exact) mass is 217 g/mol. The van der Waals surface area contributed by atoms with Gasteiger partial charge in [0.05, 0.1) is 6.61 Å². The molecule has 0 spiro atoms. The van der Waals surface area contributed by atoms with Crippen LogP contribution < -0.4 is 5.32 Å². The van der Waals surface area contributed by atoms with Crippen LogP contribution in [0.25, 0.3) is 0 Å². The molecule has 2 unspecified atom stereocenters. The zero-order valence-corrected chi connectivity index (χ0v) is 8.38. The number of nitrogens with one attached hydrogen (secondary N) is 1. The van der Waals surface area contributed by atoms with Gasteiger partial charge in [-0.25, -0.2) is 0 Å². The van der Waals surface area contributed by atoms with Crippen molar-refractivity contribution >= 4 is 34.8 Å². The average molecular weight is 219 g/mol. The van der Waals surface area contributed by atoms with Crippen LogP contribution in [0.15, 0.2) is 0 Å². The van der Waals surface area contributed by atoms with E-state index in [1.54, 1.807) is 0 Å². The fourth-order valence-electron chi connectivity index (χ4n) is 0.947. The molecular formula is C6H10Cl3NO. The predicted molar refractivity (Wildman–Crippen MR) is 47.2 cm³/mol. The highest BCUT2D eigenvalue weighted by Gasteiger charge is 2.38. The standard InChI is InChI=1S/C6H10Cl3NO/c1-2-4-3-11-5(10-4)6(7,8)9/h4-5,10H,2-3H2,1H3. The molecule has 1 aliphatic rings. The van der Waals surface area contributed by atoms with E-state index in [-0.39, 0.29) is 0 Å². The van der Waals surface area contributed by atoms with Crippen LogP contribution in [0.4, 0.5) is 0 Å². The van der Waals surface area contributed by atoms with Gasteiger partial charge in [-0.1, -0.05) is 41.7 Å². The van der Waals surface area contributed by atoms with E-state index in [2.05, 4.69) is 12.2 Å². The van der Waals surface area contributed by atoms with Crippen molar-refractivity contribution in [1.29, 1.82) is 0 Å². The lowest BCUT2D eigenvalue weighted by molar-refractivity contribution is 0.103. The quantitative estimate of drug-likeness (QED) is 0.681. The van der Waals surface area contributed by atoms with Gasteiger partial charge in [-0.15, -0.1) is 0 Å². The molecule has 0 aromatic carbocycles. The van der Waals surface area contributed by atoms with Crippen LogP contribution in [0, 0.1) is 0 Å². The Morgan fingerprint density at radius 3 is 2.45 bits per heavy atom. The van der Waals surface area contributed by atoms with Crippen molar-refractivity contribution in [1.82, 2.24) is 5.32 Å². The molecule has 0 aromatic heterocycles. The summed E-state index contributed by atoms with van der Waals surface area (Å²) in [5, 5.41) is 3.06. The summed E-state index contributed by atoms with van der Waals surface area (Å²) in [5.74, 6) is 0. The van der Waals surface area contributed by atoms with E-state index >= 15 is 0 Å². The first-order valence-electron chi connectivity index (χ1n) is 3.48. The van der Waals surface area contributed by atoms with E-state index in [4.69, 9.17) is 39.5 Å². The summed E-state index contributed by atoms with van der Waals surface area (Å²) >= 11 is 16.8. The lowest BCUT2D eigenvalue weighted by Gasteiger charge is -2.18. The molecule has 0 amide bonds. The van der Waals surface area contributed by atoms with Gasteiger partial charge in [0, 0.05) is 6.04 Å². The van der Waals surface area contributed by atoms with Crippen molar-refractivity contribution < 1.29 is 4.74 Å². The zero-order valence-electron chi connectivity index (χ0n) is 6.11. The molecule has 0 radical (unpaired) electrons. The first-order valence-corrected chi connectivity index (χ1v) is 4.61. The smallest absolute Gasteiger partial charge is 0.229 e. The number of ether oxygens (including phenoxy) is 1. The van der Waals surface area contributed by atoms with Crippen molar-refractivity contribution in [2.75, 3.05) is 6.61 Å². The van der Waals surface area contributed by atoms with Crippen LogP contribution in [-0.2, 0) is 4.74 Å². The SMILES string of the molecule is CCC1COC(C(Cl)(Cl)Cl)N1. The minimum Gasteiger partial charge on any atom is -0.357 e. The summed E-state index contributed by atoms with van der Waals surface area (Å²) in [4.78, 5) is 0. The highest BCUT2D eigenvalue weighted by Crippen LogP contribution is 2.33. The molecule has 0 aliphatic carbocycles. The fourth-order valence-corrected chi connectivity index (χ4v) is 1.33. The van der Waals surface area contributed by atoms with E-state index in [1.165, 1.54) is 0 Å². The Labute approximate surface area is 81.1 Å². The van der Waals surface area contributed by atoms with Crippen molar-refractivity contribution in [3.63, 3.8) is 0 Å². The Morgan fingerprint density at radius 2 is 2.18 bits per heavy atom. The Kier molecular flexibility index (Phi) is 3.29. The van der Waals surface area contributed by atoms with Crippen LogP contribution in [0.2, 0.25) is 0 Å². The Hall–Kier alpha value is 0.790. The molecule has 2 atom stereocenters. The summed E-state index contributed by atoms with van der Waals surface area (Å²) in [6.45, 7) is 2.68. The van der Waals surface area contributed by atoms with Crippen molar-refractivity contribution in [2.24, 2.45) is 0 Å². The topological polar surface area (TPSA) is 21.3 Å². The van der Waals surface area contributed by atoms with E-state index in [0.717, 1.165) is 6.42 Å². The van der Waals surface area contributed by atoms with Gasteiger partial charge in [-0.3, -0.25) is 5.32 Å². The molecular weight excluding hydrogens is 208 g/mol. The average Bonchev–Trinajstić information content (AvgIpc) is 2.32. The summed E-state index contributed by atoms with van der Waals surface area (Å²) in [5.41, 5.74) is 0. The lowest BCUT2D eigenvalue weighted by atomic mass is 10.2. The van der Waals surface area contributed by atoms with E-state index in [1.807, 2.05) is 0 Å². The molecule has 1 aliphatic heterocycles.